The quantitative estimate of drug-likeness (QED) is 0.206. The van der Waals surface area contributed by atoms with Gasteiger partial charge in [-0.15, -0.1) is 0 Å². The topological polar surface area (TPSA) is 144 Å². The third kappa shape index (κ3) is 7.59. The summed E-state index contributed by atoms with van der Waals surface area (Å²) in [6, 6.07) is 20.5. The molecule has 0 saturated heterocycles. The van der Waals surface area contributed by atoms with Crippen molar-refractivity contribution in [2.45, 2.75) is 6.92 Å². The Bertz CT molecular complexity index is 1170. The zero-order chi connectivity index (χ0) is 23.7. The largest absolute Gasteiger partial charge is 0.478 e. The number of benzene rings is 3. The maximum atomic E-state index is 11.1. The predicted molar refractivity (Wildman–Crippen MR) is 122 cm³/mol. The molecule has 0 aliphatic rings. The Balaban J connectivity index is 0.000000229. The number of carbonyl (C=O) groups is 2. The van der Waals surface area contributed by atoms with Gasteiger partial charge in [0.2, 0.25) is 0 Å². The minimum Gasteiger partial charge on any atom is -0.478 e. The first kappa shape index (κ1) is 24.7. The van der Waals surface area contributed by atoms with Crippen molar-refractivity contribution in [1.82, 2.24) is 0 Å². The average Bonchev–Trinajstić information content (AvgIpc) is 2.74. The van der Waals surface area contributed by atoms with Crippen LogP contribution in [-0.2, 0) is 8.53 Å². The number of amides is 1. The molecule has 32 heavy (non-hydrogen) atoms. The zero-order valence-electron chi connectivity index (χ0n) is 17.0. The summed E-state index contributed by atoms with van der Waals surface area (Å²) in [5.41, 5.74) is 2.06. The van der Waals surface area contributed by atoms with Crippen LogP contribution in [0.25, 0.3) is 12.2 Å². The number of nitrogens with one attached hydrogen (secondary N) is 1. The van der Waals surface area contributed by atoms with Crippen molar-refractivity contribution in [3.05, 3.63) is 89.5 Å². The van der Waals surface area contributed by atoms with Gasteiger partial charge in [-0.2, -0.15) is 0 Å². The smallest absolute Gasteiger partial charge is 0.335 e. The maximum Gasteiger partial charge on any atom is 0.335 e. The number of rotatable bonds is 5. The van der Waals surface area contributed by atoms with E-state index < -0.39 is 26.0 Å². The molecule has 5 N–H and O–H groups in total. The number of aromatic carboxylic acids is 1. The minimum absolute atomic E-state index is 0.225. The summed E-state index contributed by atoms with van der Waals surface area (Å²) >= 11 is -5.14. The number of carboxylic acids is 1. The first-order chi connectivity index (χ1) is 15.1. The normalized spacial score (nSPS) is 10.8. The number of carbonyl (C=O) groups excluding carboxylic acids is 1. The fourth-order valence-electron chi connectivity index (χ4n) is 2.61. The molecule has 8 nitrogen and oxygen atoms in total. The number of hydrogen-bond donors (Lipinski definition) is 5. The van der Waals surface area contributed by atoms with E-state index in [2.05, 4.69) is 5.32 Å². The molecule has 0 aliphatic carbocycles. The van der Waals surface area contributed by atoms with Crippen molar-refractivity contribution in [2.24, 2.45) is 0 Å². The Kier molecular flexibility index (Phi) is 8.61. The third-order valence-electron chi connectivity index (χ3n) is 4.04. The molecular weight excluding hydrogens is 477 g/mol. The Morgan fingerprint density at radius 3 is 2.06 bits per heavy atom. The molecule has 3 aromatic carbocycles. The second-order valence-corrected chi connectivity index (χ2v) is 9.86. The van der Waals surface area contributed by atoms with Gasteiger partial charge in [-0.05, 0) is 23.3 Å². The van der Waals surface area contributed by atoms with Gasteiger partial charge in [0.15, 0.2) is 0 Å². The summed E-state index contributed by atoms with van der Waals surface area (Å²) < 4.78 is 28.8. The van der Waals surface area contributed by atoms with Gasteiger partial charge in [0.05, 0.1) is 5.56 Å². The summed E-state index contributed by atoms with van der Waals surface area (Å²) in [7, 11) is 0. The summed E-state index contributed by atoms with van der Waals surface area (Å²) in [5, 5.41) is 20.4. The molecule has 3 rings (SSSR count). The van der Waals surface area contributed by atoms with Gasteiger partial charge in [-0.1, -0.05) is 54.6 Å². The predicted octanol–water partition coefficient (Wildman–Crippen LogP) is 2.47. The molecule has 0 spiro atoms. The van der Waals surface area contributed by atoms with Crippen molar-refractivity contribution in [3.63, 3.8) is 0 Å². The van der Waals surface area contributed by atoms with Crippen LogP contribution in [0, 0.1) is 0 Å². The molecule has 0 aliphatic heterocycles. The van der Waals surface area contributed by atoms with Gasteiger partial charge in [0.25, 0.3) is 0 Å². The number of hydrogen-bond acceptors (Lipinski definition) is 4. The van der Waals surface area contributed by atoms with Gasteiger partial charge in [-0.25, -0.2) is 4.79 Å². The van der Waals surface area contributed by atoms with Crippen LogP contribution < -0.4 is 9.67 Å². The molecule has 0 bridgehead atoms. The van der Waals surface area contributed by atoms with Crippen molar-refractivity contribution >= 4 is 48.2 Å². The Morgan fingerprint density at radius 1 is 0.875 bits per heavy atom. The van der Waals surface area contributed by atoms with Gasteiger partial charge in [0.1, 0.15) is 0 Å². The number of anilines is 1. The van der Waals surface area contributed by atoms with Crippen molar-refractivity contribution < 1.29 is 31.7 Å². The first-order valence-corrected chi connectivity index (χ1v) is 12.7. The van der Waals surface area contributed by atoms with Crippen molar-refractivity contribution in [1.29, 1.82) is 0 Å². The molecule has 166 valence electrons. The van der Waals surface area contributed by atoms with E-state index in [1.807, 2.05) is 48.6 Å². The Labute approximate surface area is 187 Å². The van der Waals surface area contributed by atoms with Crippen molar-refractivity contribution in [3.8, 4) is 5.75 Å². The molecule has 3 aromatic rings. The summed E-state index contributed by atoms with van der Waals surface area (Å²) in [4.78, 5) is 21.6. The summed E-state index contributed by atoms with van der Waals surface area (Å²) in [6.07, 6.45) is 3.86. The Hall–Kier alpha value is -3.58. The van der Waals surface area contributed by atoms with Crippen LogP contribution in [0.4, 0.5) is 5.69 Å². The Morgan fingerprint density at radius 2 is 1.47 bits per heavy atom. The maximum absolute atomic E-state index is 11.1. The molecule has 0 unspecified atom stereocenters. The van der Waals surface area contributed by atoms with Gasteiger partial charge in [-0.3, -0.25) is 0 Å². The van der Waals surface area contributed by atoms with Crippen LogP contribution in [-0.4, -0.2) is 44.5 Å². The number of aromatic hydroxyl groups is 1. The molecule has 0 atom stereocenters. The number of phenols is 1. The van der Waals surface area contributed by atoms with E-state index in [4.69, 9.17) is 13.3 Å². The van der Waals surface area contributed by atoms with E-state index in [0.29, 0.717) is 5.56 Å². The van der Waals surface area contributed by atoms with Crippen LogP contribution in [0.1, 0.15) is 28.4 Å². The summed E-state index contributed by atoms with van der Waals surface area (Å²) in [6.45, 7) is 1.18. The molecular formula is C23H22AsNO7. The molecule has 0 aromatic heterocycles. The standard InChI is InChI=1S/C15H12O2.C8H10AsNO5/c16-15(17)14-8-4-7-13(11-14)10-9-12-5-2-1-3-6-12;1-5(11)10-8-6(9(13,14)15)3-2-4-7(8)12/h1-11H,(H,16,17);2-4,12H,1H3,(H,10,11)(H2,13,14,15). The fraction of sp³-hybridized carbons (Fsp3) is 0.0435. The molecule has 0 heterocycles. The van der Waals surface area contributed by atoms with Crippen LogP contribution >= 0.6 is 0 Å². The third-order valence-corrected chi connectivity index (χ3v) is 6.14. The zero-order valence-corrected chi connectivity index (χ0v) is 18.9. The van der Waals surface area contributed by atoms with Crippen LogP contribution in [0.2, 0.25) is 0 Å². The number of carboxylic acid groups (broad SMARTS) is 1. The van der Waals surface area contributed by atoms with Crippen LogP contribution in [0.5, 0.6) is 5.75 Å². The van der Waals surface area contributed by atoms with E-state index in [0.717, 1.165) is 11.1 Å². The number of phenolic OH excluding ortho intramolecular Hbond substituents is 1. The molecule has 1 amide bonds. The fourth-order valence-corrected chi connectivity index (χ4v) is 4.16. The summed E-state index contributed by atoms with van der Waals surface area (Å²) in [5.74, 6) is -1.78. The minimum atomic E-state index is -5.14. The van der Waals surface area contributed by atoms with Crippen LogP contribution in [0.3, 0.4) is 0 Å². The van der Waals surface area contributed by atoms with E-state index >= 15 is 0 Å². The number of para-hydroxylation sites is 1. The van der Waals surface area contributed by atoms with Gasteiger partial charge >= 0.3 is 94.1 Å². The second-order valence-electron chi connectivity index (χ2n) is 6.57. The SMILES string of the molecule is CC(=O)Nc1c(O)cccc1[As](=O)(O)O.O=C(O)c1cccc(C=Cc2ccccc2)c1. The molecule has 0 saturated carbocycles. The average molecular weight is 499 g/mol. The first-order valence-electron chi connectivity index (χ1n) is 9.30. The monoisotopic (exact) mass is 499 g/mol. The second kappa shape index (κ2) is 11.2. The van der Waals surface area contributed by atoms with E-state index in [9.17, 15) is 18.4 Å². The molecule has 9 heteroatoms. The van der Waals surface area contributed by atoms with E-state index in [1.54, 1.807) is 18.2 Å². The molecule has 0 radical (unpaired) electrons. The molecule has 0 fully saturated rings. The van der Waals surface area contributed by atoms with Gasteiger partial charge in [0, 0.05) is 0 Å². The van der Waals surface area contributed by atoms with Gasteiger partial charge < -0.3 is 5.11 Å². The van der Waals surface area contributed by atoms with Crippen molar-refractivity contribution in [2.75, 3.05) is 5.32 Å². The van der Waals surface area contributed by atoms with Crippen LogP contribution in [0.15, 0.2) is 72.8 Å². The van der Waals surface area contributed by atoms with E-state index in [-0.39, 0.29) is 15.8 Å². The van der Waals surface area contributed by atoms with E-state index in [1.165, 1.54) is 25.1 Å².